The molecule has 9 heteroatoms. The molecule has 0 spiro atoms. The molecule has 21 heavy (non-hydrogen) atoms. The van der Waals surface area contributed by atoms with E-state index in [-0.39, 0.29) is 19.1 Å². The van der Waals surface area contributed by atoms with E-state index in [2.05, 4.69) is 5.32 Å². The molecular formula is C12H24F3N3O2S. The summed E-state index contributed by atoms with van der Waals surface area (Å²) in [5.41, 5.74) is 0. The fourth-order valence-electron chi connectivity index (χ4n) is 2.59. The molecule has 5 nitrogen and oxygen atoms in total. The van der Waals surface area contributed by atoms with Crippen molar-refractivity contribution in [1.82, 2.24) is 13.9 Å². The van der Waals surface area contributed by atoms with Gasteiger partial charge >= 0.3 is 6.18 Å². The van der Waals surface area contributed by atoms with Gasteiger partial charge in [0.2, 0.25) is 0 Å². The van der Waals surface area contributed by atoms with Gasteiger partial charge in [0.1, 0.15) is 6.54 Å². The summed E-state index contributed by atoms with van der Waals surface area (Å²) in [6.07, 6.45) is -1.93. The minimum atomic E-state index is -4.53. The molecule has 0 aromatic carbocycles. The summed E-state index contributed by atoms with van der Waals surface area (Å²) >= 11 is 0. The van der Waals surface area contributed by atoms with E-state index in [9.17, 15) is 21.6 Å². The van der Waals surface area contributed by atoms with E-state index in [4.69, 9.17) is 0 Å². The first-order valence-corrected chi connectivity index (χ1v) is 8.60. The van der Waals surface area contributed by atoms with Crippen molar-refractivity contribution in [2.24, 2.45) is 0 Å². The fourth-order valence-corrected chi connectivity index (χ4v) is 4.53. The van der Waals surface area contributed by atoms with Crippen LogP contribution in [0.4, 0.5) is 13.2 Å². The van der Waals surface area contributed by atoms with E-state index in [0.29, 0.717) is 30.1 Å². The molecule has 1 aliphatic rings. The molecule has 0 saturated carbocycles. The zero-order valence-electron chi connectivity index (χ0n) is 12.5. The van der Waals surface area contributed by atoms with Gasteiger partial charge in [0.25, 0.3) is 10.2 Å². The van der Waals surface area contributed by atoms with Gasteiger partial charge in [-0.1, -0.05) is 13.3 Å². The van der Waals surface area contributed by atoms with Gasteiger partial charge < -0.3 is 5.32 Å². The second-order valence-corrected chi connectivity index (χ2v) is 7.16. The van der Waals surface area contributed by atoms with E-state index in [1.165, 1.54) is 4.31 Å². The summed E-state index contributed by atoms with van der Waals surface area (Å²) in [6, 6.07) is -0.277. The Morgan fingerprint density at radius 2 is 2.00 bits per heavy atom. The molecule has 1 N–H and O–H groups in total. The van der Waals surface area contributed by atoms with Crippen molar-refractivity contribution in [2.45, 2.75) is 44.8 Å². The Hall–Kier alpha value is -0.380. The molecule has 1 fully saturated rings. The maximum absolute atomic E-state index is 12.6. The van der Waals surface area contributed by atoms with Crippen LogP contribution in [0.3, 0.4) is 0 Å². The molecule has 0 aromatic rings. The number of nitrogens with zero attached hydrogens (tertiary/aromatic N) is 2. The Morgan fingerprint density at radius 3 is 2.52 bits per heavy atom. The summed E-state index contributed by atoms with van der Waals surface area (Å²) in [7, 11) is -2.38. The van der Waals surface area contributed by atoms with Crippen LogP contribution in [0.25, 0.3) is 0 Å². The van der Waals surface area contributed by atoms with Crippen molar-refractivity contribution in [2.75, 3.05) is 33.2 Å². The monoisotopic (exact) mass is 331 g/mol. The Balaban J connectivity index is 2.96. The minimum Gasteiger partial charge on any atom is -0.318 e. The maximum atomic E-state index is 12.6. The second kappa shape index (κ2) is 7.75. The van der Waals surface area contributed by atoms with E-state index in [1.54, 1.807) is 14.0 Å². The predicted octanol–water partition coefficient (Wildman–Crippen LogP) is 1.58. The van der Waals surface area contributed by atoms with Crippen LogP contribution in [-0.2, 0) is 10.2 Å². The first-order valence-electron chi connectivity index (χ1n) is 7.20. The highest BCUT2D eigenvalue weighted by atomic mass is 32.2. The number of likely N-dealkylation sites (N-methyl/N-ethyl adjacent to an activating group) is 1. The van der Waals surface area contributed by atoms with Crippen molar-refractivity contribution in [3.8, 4) is 0 Å². The minimum absolute atomic E-state index is 0.120. The van der Waals surface area contributed by atoms with Crippen molar-refractivity contribution in [3.63, 3.8) is 0 Å². The van der Waals surface area contributed by atoms with Gasteiger partial charge in [-0.3, -0.25) is 0 Å². The average Bonchev–Trinajstić information content (AvgIpc) is 2.37. The lowest BCUT2D eigenvalue weighted by Crippen LogP contribution is -2.54. The lowest BCUT2D eigenvalue weighted by Gasteiger charge is -2.38. The molecule has 1 unspecified atom stereocenters. The highest BCUT2D eigenvalue weighted by Crippen LogP contribution is 2.25. The first-order chi connectivity index (χ1) is 9.72. The van der Waals surface area contributed by atoms with E-state index in [0.717, 1.165) is 6.42 Å². The molecule has 0 aliphatic carbocycles. The molecule has 1 saturated heterocycles. The lowest BCUT2D eigenvalue weighted by molar-refractivity contribution is -0.136. The van der Waals surface area contributed by atoms with Gasteiger partial charge in [-0.05, 0) is 26.3 Å². The van der Waals surface area contributed by atoms with Crippen LogP contribution in [0.1, 0.15) is 32.6 Å². The molecule has 1 atom stereocenters. The smallest absolute Gasteiger partial charge is 0.318 e. The van der Waals surface area contributed by atoms with Crippen LogP contribution in [0.15, 0.2) is 0 Å². The van der Waals surface area contributed by atoms with Gasteiger partial charge in [-0.25, -0.2) is 0 Å². The summed E-state index contributed by atoms with van der Waals surface area (Å²) in [6.45, 7) is 0.856. The zero-order chi connectivity index (χ0) is 16.1. The predicted molar refractivity (Wildman–Crippen MR) is 75.1 cm³/mol. The maximum Gasteiger partial charge on any atom is 0.402 e. The number of rotatable bonds is 7. The highest BCUT2D eigenvalue weighted by Gasteiger charge is 2.41. The Morgan fingerprint density at radius 1 is 1.33 bits per heavy atom. The van der Waals surface area contributed by atoms with Crippen molar-refractivity contribution in [1.29, 1.82) is 0 Å². The van der Waals surface area contributed by atoms with Crippen LogP contribution in [-0.4, -0.2) is 62.5 Å². The van der Waals surface area contributed by atoms with E-state index < -0.39 is 22.9 Å². The van der Waals surface area contributed by atoms with Gasteiger partial charge in [0, 0.05) is 25.7 Å². The van der Waals surface area contributed by atoms with Crippen molar-refractivity contribution < 1.29 is 21.6 Å². The molecule has 1 aliphatic heterocycles. The molecule has 1 rings (SSSR count). The van der Waals surface area contributed by atoms with Gasteiger partial charge in [0.05, 0.1) is 0 Å². The first kappa shape index (κ1) is 18.7. The third-order valence-electron chi connectivity index (χ3n) is 3.46. The molecule has 0 aromatic heterocycles. The molecule has 126 valence electrons. The number of hydrogen-bond donors (Lipinski definition) is 1. The lowest BCUT2D eigenvalue weighted by atomic mass is 10.1. The van der Waals surface area contributed by atoms with Gasteiger partial charge in [-0.15, -0.1) is 0 Å². The highest BCUT2D eigenvalue weighted by molar-refractivity contribution is 7.86. The van der Waals surface area contributed by atoms with E-state index >= 15 is 0 Å². The molecule has 1 heterocycles. The Bertz CT molecular complexity index is 412. The van der Waals surface area contributed by atoms with Crippen LogP contribution >= 0.6 is 0 Å². The van der Waals surface area contributed by atoms with Gasteiger partial charge in [-0.2, -0.15) is 30.2 Å². The fraction of sp³-hybridized carbons (Fsp3) is 1.00. The zero-order valence-corrected chi connectivity index (χ0v) is 13.3. The van der Waals surface area contributed by atoms with Crippen LogP contribution in [0, 0.1) is 0 Å². The van der Waals surface area contributed by atoms with Crippen molar-refractivity contribution >= 4 is 10.2 Å². The number of nitrogens with one attached hydrogen (secondary N) is 1. The summed E-state index contributed by atoms with van der Waals surface area (Å²) in [4.78, 5) is 0. The van der Waals surface area contributed by atoms with Crippen LogP contribution < -0.4 is 5.32 Å². The molecule has 0 radical (unpaired) electrons. The topological polar surface area (TPSA) is 52.7 Å². The standard InChI is InChI=1S/C12H24F3N3O2S/c1-3-7-17(10-12(13,14)15)21(19,20)18-8-5-4-6-11(18)9-16-2/h11,16H,3-10H2,1-2H3. The van der Waals surface area contributed by atoms with Crippen LogP contribution in [0.2, 0.25) is 0 Å². The normalized spacial score (nSPS) is 21.9. The largest absolute Gasteiger partial charge is 0.402 e. The van der Waals surface area contributed by atoms with Crippen molar-refractivity contribution in [3.05, 3.63) is 0 Å². The third kappa shape index (κ3) is 5.39. The second-order valence-electron chi connectivity index (χ2n) is 5.27. The quantitative estimate of drug-likeness (QED) is 0.771. The number of hydrogen-bond acceptors (Lipinski definition) is 3. The summed E-state index contributed by atoms with van der Waals surface area (Å²) in [5, 5.41) is 2.91. The third-order valence-corrected chi connectivity index (χ3v) is 5.50. The Kier molecular flexibility index (Phi) is 6.89. The summed E-state index contributed by atoms with van der Waals surface area (Å²) in [5.74, 6) is 0. The van der Waals surface area contributed by atoms with Crippen LogP contribution in [0.5, 0.6) is 0 Å². The molecule has 0 bridgehead atoms. The molecule has 0 amide bonds. The number of alkyl halides is 3. The van der Waals surface area contributed by atoms with Gasteiger partial charge in [0.15, 0.2) is 0 Å². The SMILES string of the molecule is CCCN(CC(F)(F)F)S(=O)(=O)N1CCCCC1CNC. The number of piperidine rings is 1. The Labute approximate surface area is 124 Å². The number of halogens is 3. The van der Waals surface area contributed by atoms with E-state index in [1.807, 2.05) is 0 Å². The summed E-state index contributed by atoms with van der Waals surface area (Å²) < 4.78 is 64.8. The molecular weight excluding hydrogens is 307 g/mol. The average molecular weight is 331 g/mol.